The van der Waals surface area contributed by atoms with Crippen LogP contribution in [0.4, 0.5) is 0 Å². The highest BCUT2D eigenvalue weighted by Gasteiger charge is 2.48. The van der Waals surface area contributed by atoms with Crippen molar-refractivity contribution in [2.45, 2.75) is 45.6 Å². The summed E-state index contributed by atoms with van der Waals surface area (Å²) in [6, 6.07) is 0. The molecular weight excluding hydrogens is 180 g/mol. The predicted octanol–water partition coefficient (Wildman–Crippen LogP) is 1.89. The summed E-state index contributed by atoms with van der Waals surface area (Å²) in [5, 5.41) is 19.2. The average molecular weight is 200 g/mol. The highest BCUT2D eigenvalue weighted by Crippen LogP contribution is 2.41. The second-order valence-electron chi connectivity index (χ2n) is 4.97. The van der Waals surface area contributed by atoms with Crippen molar-refractivity contribution in [1.82, 2.24) is 0 Å². The van der Waals surface area contributed by atoms with Crippen LogP contribution in [0.25, 0.3) is 0 Å². The number of hydrogen-bond donors (Lipinski definition) is 2. The lowest BCUT2D eigenvalue weighted by Gasteiger charge is -2.41. The molecule has 14 heavy (non-hydrogen) atoms. The molecule has 82 valence electrons. The van der Waals surface area contributed by atoms with E-state index in [1.54, 1.807) is 0 Å². The molecule has 0 heterocycles. The Labute approximate surface area is 85.1 Å². The highest BCUT2D eigenvalue weighted by molar-refractivity contribution is 5.77. The van der Waals surface area contributed by atoms with Crippen molar-refractivity contribution in [2.75, 3.05) is 0 Å². The van der Waals surface area contributed by atoms with Crippen LogP contribution in [0.3, 0.4) is 0 Å². The molecule has 1 fully saturated rings. The van der Waals surface area contributed by atoms with Crippen LogP contribution >= 0.6 is 0 Å². The summed E-state index contributed by atoms with van der Waals surface area (Å²) in [7, 11) is 0. The fourth-order valence-electron chi connectivity index (χ4n) is 2.62. The van der Waals surface area contributed by atoms with Crippen molar-refractivity contribution in [2.24, 2.45) is 17.8 Å². The third-order valence-corrected chi connectivity index (χ3v) is 3.42. The number of hydrogen-bond acceptors (Lipinski definition) is 2. The van der Waals surface area contributed by atoms with Crippen molar-refractivity contribution in [3.05, 3.63) is 0 Å². The van der Waals surface area contributed by atoms with Gasteiger partial charge in [0.05, 0.1) is 0 Å². The largest absolute Gasteiger partial charge is 0.479 e. The molecule has 0 aliphatic heterocycles. The highest BCUT2D eigenvalue weighted by atomic mass is 16.4. The van der Waals surface area contributed by atoms with Crippen LogP contribution in [0.2, 0.25) is 0 Å². The molecule has 3 atom stereocenters. The molecule has 0 aromatic heterocycles. The normalized spacial score (nSPS) is 38.6. The van der Waals surface area contributed by atoms with E-state index in [1.807, 2.05) is 20.8 Å². The summed E-state index contributed by atoms with van der Waals surface area (Å²) in [5.74, 6) is -0.617. The number of rotatable bonds is 2. The molecule has 0 saturated heterocycles. The van der Waals surface area contributed by atoms with Gasteiger partial charge in [0.1, 0.15) is 0 Å². The van der Waals surface area contributed by atoms with Crippen LogP contribution < -0.4 is 0 Å². The zero-order chi connectivity index (χ0) is 10.9. The van der Waals surface area contributed by atoms with Crippen LogP contribution in [0.1, 0.15) is 40.0 Å². The first-order valence-corrected chi connectivity index (χ1v) is 5.33. The molecular formula is C11H20O3. The fourth-order valence-corrected chi connectivity index (χ4v) is 2.62. The Kier molecular flexibility index (Phi) is 3.20. The van der Waals surface area contributed by atoms with E-state index in [9.17, 15) is 9.90 Å². The maximum absolute atomic E-state index is 11.1. The third-order valence-electron chi connectivity index (χ3n) is 3.42. The van der Waals surface area contributed by atoms with Crippen molar-refractivity contribution >= 4 is 5.97 Å². The van der Waals surface area contributed by atoms with Gasteiger partial charge >= 0.3 is 5.97 Å². The molecule has 0 unspecified atom stereocenters. The Morgan fingerprint density at radius 2 is 2.00 bits per heavy atom. The van der Waals surface area contributed by atoms with E-state index in [4.69, 9.17) is 5.11 Å². The lowest BCUT2D eigenvalue weighted by atomic mass is 9.67. The van der Waals surface area contributed by atoms with Crippen molar-refractivity contribution in [1.29, 1.82) is 0 Å². The SMILES string of the molecule is CC(C)[C@@H]1CC[C@@H](C)C[C@@]1(O)C(=O)O. The Balaban J connectivity index is 2.88. The van der Waals surface area contributed by atoms with E-state index >= 15 is 0 Å². The quantitative estimate of drug-likeness (QED) is 0.715. The maximum Gasteiger partial charge on any atom is 0.335 e. The number of carboxylic acid groups (broad SMARTS) is 1. The van der Waals surface area contributed by atoms with Gasteiger partial charge in [0.15, 0.2) is 5.60 Å². The summed E-state index contributed by atoms with van der Waals surface area (Å²) >= 11 is 0. The predicted molar refractivity (Wildman–Crippen MR) is 53.9 cm³/mol. The summed E-state index contributed by atoms with van der Waals surface area (Å²) in [6.07, 6.45) is 2.24. The summed E-state index contributed by atoms with van der Waals surface area (Å²) in [4.78, 5) is 11.1. The summed E-state index contributed by atoms with van der Waals surface area (Å²) in [6.45, 7) is 5.97. The van der Waals surface area contributed by atoms with Crippen molar-refractivity contribution < 1.29 is 15.0 Å². The number of carboxylic acids is 1. The van der Waals surface area contributed by atoms with Crippen LogP contribution in [0.5, 0.6) is 0 Å². The molecule has 0 radical (unpaired) electrons. The second-order valence-corrected chi connectivity index (χ2v) is 4.97. The van der Waals surface area contributed by atoms with Crippen LogP contribution in [-0.2, 0) is 4.79 Å². The molecule has 1 rings (SSSR count). The van der Waals surface area contributed by atoms with E-state index in [0.29, 0.717) is 12.3 Å². The molecule has 0 aromatic carbocycles. The molecule has 0 amide bonds. The lowest BCUT2D eigenvalue weighted by Crippen LogP contribution is -2.51. The zero-order valence-electron chi connectivity index (χ0n) is 9.16. The zero-order valence-corrected chi connectivity index (χ0v) is 9.16. The van der Waals surface area contributed by atoms with Crippen LogP contribution in [-0.4, -0.2) is 21.8 Å². The van der Waals surface area contributed by atoms with Crippen molar-refractivity contribution in [3.63, 3.8) is 0 Å². The van der Waals surface area contributed by atoms with E-state index in [2.05, 4.69) is 0 Å². The molecule has 1 aliphatic rings. The van der Waals surface area contributed by atoms with E-state index in [0.717, 1.165) is 12.8 Å². The number of aliphatic hydroxyl groups is 1. The third kappa shape index (κ3) is 1.92. The van der Waals surface area contributed by atoms with Gasteiger partial charge in [-0.05, 0) is 24.7 Å². The van der Waals surface area contributed by atoms with Gasteiger partial charge in [0.25, 0.3) is 0 Å². The Hall–Kier alpha value is -0.570. The van der Waals surface area contributed by atoms with Crippen LogP contribution in [0, 0.1) is 17.8 Å². The minimum absolute atomic E-state index is 0.101. The van der Waals surface area contributed by atoms with E-state index < -0.39 is 11.6 Å². The second kappa shape index (κ2) is 3.89. The van der Waals surface area contributed by atoms with Gasteiger partial charge in [0, 0.05) is 5.92 Å². The minimum atomic E-state index is -1.49. The Morgan fingerprint density at radius 1 is 1.43 bits per heavy atom. The van der Waals surface area contributed by atoms with Gasteiger partial charge in [-0.25, -0.2) is 4.79 Å². The molecule has 3 nitrogen and oxygen atoms in total. The molecule has 3 heteroatoms. The number of aliphatic carboxylic acids is 1. The molecule has 2 N–H and O–H groups in total. The summed E-state index contributed by atoms with van der Waals surface area (Å²) in [5.41, 5.74) is -1.49. The minimum Gasteiger partial charge on any atom is -0.479 e. The van der Waals surface area contributed by atoms with Gasteiger partial charge in [-0.15, -0.1) is 0 Å². The molecule has 0 spiro atoms. The lowest BCUT2D eigenvalue weighted by molar-refractivity contribution is -0.174. The van der Waals surface area contributed by atoms with Gasteiger partial charge in [-0.2, -0.15) is 0 Å². The first kappa shape index (κ1) is 11.5. The van der Waals surface area contributed by atoms with Gasteiger partial charge in [-0.3, -0.25) is 0 Å². The molecule has 0 bridgehead atoms. The Bertz CT molecular complexity index is 225. The smallest absolute Gasteiger partial charge is 0.335 e. The standard InChI is InChI=1S/C11H20O3/c1-7(2)9-5-4-8(3)6-11(9,14)10(12)13/h7-9,14H,4-6H2,1-3H3,(H,12,13)/t8-,9+,11+/m1/s1. The van der Waals surface area contributed by atoms with Gasteiger partial charge < -0.3 is 10.2 Å². The monoisotopic (exact) mass is 200 g/mol. The fraction of sp³-hybridized carbons (Fsp3) is 0.909. The first-order chi connectivity index (χ1) is 6.38. The van der Waals surface area contributed by atoms with Gasteiger partial charge in [-0.1, -0.05) is 27.2 Å². The van der Waals surface area contributed by atoms with Crippen molar-refractivity contribution in [3.8, 4) is 0 Å². The number of carbonyl (C=O) groups is 1. The summed E-state index contributed by atoms with van der Waals surface area (Å²) < 4.78 is 0. The van der Waals surface area contributed by atoms with Gasteiger partial charge in [0.2, 0.25) is 0 Å². The first-order valence-electron chi connectivity index (χ1n) is 5.33. The maximum atomic E-state index is 11.1. The molecule has 1 aliphatic carbocycles. The van der Waals surface area contributed by atoms with Crippen LogP contribution in [0.15, 0.2) is 0 Å². The van der Waals surface area contributed by atoms with E-state index in [1.165, 1.54) is 0 Å². The van der Waals surface area contributed by atoms with E-state index in [-0.39, 0.29) is 11.8 Å². The Morgan fingerprint density at radius 3 is 2.43 bits per heavy atom. The molecule has 0 aromatic rings. The molecule has 1 saturated carbocycles. The average Bonchev–Trinajstić information content (AvgIpc) is 2.02. The topological polar surface area (TPSA) is 57.5 Å².